The fraction of sp³-hybridized carbons (Fsp3) is 0.0588. The molecule has 0 saturated carbocycles. The summed E-state index contributed by atoms with van der Waals surface area (Å²) in [6, 6.07) is 13.7. The van der Waals surface area contributed by atoms with E-state index in [2.05, 4.69) is 20.6 Å². The van der Waals surface area contributed by atoms with Crippen molar-refractivity contribution in [2.75, 3.05) is 10.6 Å². The Morgan fingerprint density at radius 1 is 0.800 bits per heavy atom. The van der Waals surface area contributed by atoms with Crippen molar-refractivity contribution in [3.05, 3.63) is 72.2 Å². The van der Waals surface area contributed by atoms with Gasteiger partial charge in [0.05, 0.1) is 0 Å². The van der Waals surface area contributed by atoms with E-state index in [1.54, 1.807) is 30.3 Å². The van der Waals surface area contributed by atoms with Crippen LogP contribution in [-0.2, 0) is 6.18 Å². The van der Waals surface area contributed by atoms with Crippen molar-refractivity contribution in [2.24, 2.45) is 0 Å². The molecule has 0 radical (unpaired) electrons. The van der Waals surface area contributed by atoms with Crippen molar-refractivity contribution >= 4 is 23.1 Å². The van der Waals surface area contributed by atoms with E-state index >= 15 is 0 Å². The molecule has 0 bridgehead atoms. The number of aromatic nitrogens is 2. The molecule has 8 heteroatoms. The number of hydrogen-bond acceptors (Lipinski definition) is 4. The number of nitrogens with one attached hydrogen (secondary N) is 2. The Morgan fingerprint density at radius 2 is 1.44 bits per heavy atom. The summed E-state index contributed by atoms with van der Waals surface area (Å²) in [5.41, 5.74) is -0.110. The number of rotatable bonds is 4. The third kappa shape index (κ3) is 4.23. The van der Waals surface area contributed by atoms with E-state index in [0.717, 1.165) is 12.1 Å². The number of nitrogens with zero attached hydrogens (tertiary/aromatic N) is 2. The normalized spacial score (nSPS) is 11.2. The topological polar surface area (TPSA) is 49.8 Å². The molecule has 3 aromatic rings. The van der Waals surface area contributed by atoms with Gasteiger partial charge in [-0.15, -0.1) is 0 Å². The van der Waals surface area contributed by atoms with Crippen LogP contribution in [0.2, 0.25) is 0 Å². The van der Waals surface area contributed by atoms with Gasteiger partial charge in [0, 0.05) is 17.6 Å². The summed E-state index contributed by atoms with van der Waals surface area (Å²) in [6.45, 7) is 0. The van der Waals surface area contributed by atoms with Crippen molar-refractivity contribution in [1.82, 2.24) is 9.97 Å². The van der Waals surface area contributed by atoms with Gasteiger partial charge in [0.1, 0.15) is 17.2 Å². The maximum atomic E-state index is 13.2. The highest BCUT2D eigenvalue weighted by atomic mass is 19.4. The van der Waals surface area contributed by atoms with E-state index in [-0.39, 0.29) is 11.6 Å². The minimum atomic E-state index is -4.63. The summed E-state index contributed by atoms with van der Waals surface area (Å²) in [6.07, 6.45) is -3.93. The quantitative estimate of drug-likeness (QED) is 0.643. The molecule has 1 aromatic heterocycles. The zero-order chi connectivity index (χ0) is 17.9. The average Bonchev–Trinajstić information content (AvgIpc) is 2.57. The highest BCUT2D eigenvalue weighted by Crippen LogP contribution is 2.35. The summed E-state index contributed by atoms with van der Waals surface area (Å²) in [4.78, 5) is 7.62. The zero-order valence-electron chi connectivity index (χ0n) is 12.7. The van der Waals surface area contributed by atoms with Gasteiger partial charge in [0.15, 0.2) is 0 Å². The summed E-state index contributed by atoms with van der Waals surface area (Å²) < 4.78 is 52.5. The lowest BCUT2D eigenvalue weighted by Crippen LogP contribution is -2.12. The van der Waals surface area contributed by atoms with Crippen LogP contribution < -0.4 is 10.6 Å². The number of para-hydroxylation sites is 1. The van der Waals surface area contributed by atoms with Crippen LogP contribution in [-0.4, -0.2) is 9.97 Å². The Balaban J connectivity index is 1.94. The van der Waals surface area contributed by atoms with E-state index < -0.39 is 23.4 Å². The van der Waals surface area contributed by atoms with Crippen LogP contribution in [0.3, 0.4) is 0 Å². The van der Waals surface area contributed by atoms with Gasteiger partial charge in [-0.25, -0.2) is 9.37 Å². The second kappa shape index (κ2) is 6.76. The Kier molecular flexibility index (Phi) is 4.51. The molecule has 3 rings (SSSR count). The predicted octanol–water partition coefficient (Wildman–Crippen LogP) is 5.12. The molecule has 0 unspecified atom stereocenters. The van der Waals surface area contributed by atoms with Crippen LogP contribution in [0.15, 0.2) is 60.8 Å². The van der Waals surface area contributed by atoms with Gasteiger partial charge in [0.25, 0.3) is 0 Å². The lowest BCUT2D eigenvalue weighted by atomic mass is 10.2. The minimum Gasteiger partial charge on any atom is -0.340 e. The van der Waals surface area contributed by atoms with Crippen LogP contribution in [0.4, 0.5) is 40.7 Å². The number of anilines is 4. The van der Waals surface area contributed by atoms with Gasteiger partial charge in [0.2, 0.25) is 5.95 Å². The van der Waals surface area contributed by atoms with Gasteiger partial charge >= 0.3 is 6.18 Å². The molecule has 2 aromatic carbocycles. The van der Waals surface area contributed by atoms with Crippen molar-refractivity contribution in [3.8, 4) is 0 Å². The first-order valence-electron chi connectivity index (χ1n) is 7.21. The van der Waals surface area contributed by atoms with Gasteiger partial charge in [-0.05, 0) is 36.4 Å². The molecule has 0 aliphatic heterocycles. The number of benzene rings is 2. The van der Waals surface area contributed by atoms with E-state index in [1.165, 1.54) is 12.1 Å². The molecule has 0 amide bonds. The Labute approximate surface area is 140 Å². The summed E-state index contributed by atoms with van der Waals surface area (Å²) in [7, 11) is 0. The van der Waals surface area contributed by atoms with E-state index in [4.69, 9.17) is 0 Å². The Hall–Kier alpha value is -3.16. The van der Waals surface area contributed by atoms with Crippen LogP contribution in [0.1, 0.15) is 5.56 Å². The number of hydrogen-bond donors (Lipinski definition) is 2. The van der Waals surface area contributed by atoms with Gasteiger partial charge in [-0.3, -0.25) is 0 Å². The molecule has 1 heterocycles. The fourth-order valence-corrected chi connectivity index (χ4v) is 2.07. The van der Waals surface area contributed by atoms with Crippen LogP contribution >= 0.6 is 0 Å². The largest absolute Gasteiger partial charge is 0.421 e. The third-order valence-corrected chi connectivity index (χ3v) is 3.23. The molecular weight excluding hydrogens is 336 g/mol. The zero-order valence-corrected chi connectivity index (χ0v) is 12.7. The minimum absolute atomic E-state index is 0.00353. The molecule has 0 spiro atoms. The highest BCUT2D eigenvalue weighted by Gasteiger charge is 2.35. The monoisotopic (exact) mass is 348 g/mol. The second-order valence-corrected chi connectivity index (χ2v) is 5.08. The lowest BCUT2D eigenvalue weighted by Gasteiger charge is -2.15. The average molecular weight is 348 g/mol. The second-order valence-electron chi connectivity index (χ2n) is 5.08. The fourth-order valence-electron chi connectivity index (χ4n) is 2.07. The third-order valence-electron chi connectivity index (χ3n) is 3.23. The first kappa shape index (κ1) is 16.7. The molecule has 0 fully saturated rings. The molecule has 0 saturated heterocycles. The maximum absolute atomic E-state index is 13.2. The predicted molar refractivity (Wildman–Crippen MR) is 86.4 cm³/mol. The van der Waals surface area contributed by atoms with Crippen molar-refractivity contribution in [2.45, 2.75) is 6.18 Å². The molecule has 0 aliphatic rings. The molecule has 25 heavy (non-hydrogen) atoms. The SMILES string of the molecule is Fc1ccc(Nc2nc(Nc3ccccc3)ncc2C(F)(F)F)cc1. The van der Waals surface area contributed by atoms with Gasteiger partial charge < -0.3 is 10.6 Å². The summed E-state index contributed by atoms with van der Waals surface area (Å²) in [5.74, 6) is -0.910. The van der Waals surface area contributed by atoms with Crippen molar-refractivity contribution in [1.29, 1.82) is 0 Å². The highest BCUT2D eigenvalue weighted by molar-refractivity contribution is 5.62. The summed E-state index contributed by atoms with van der Waals surface area (Å²) >= 11 is 0. The van der Waals surface area contributed by atoms with Gasteiger partial charge in [-0.2, -0.15) is 18.2 Å². The Morgan fingerprint density at radius 3 is 2.08 bits per heavy atom. The molecule has 4 nitrogen and oxygen atoms in total. The van der Waals surface area contributed by atoms with E-state index in [1.807, 2.05) is 0 Å². The van der Waals surface area contributed by atoms with Crippen LogP contribution in [0, 0.1) is 5.82 Å². The molecule has 0 atom stereocenters. The van der Waals surface area contributed by atoms with Crippen LogP contribution in [0.25, 0.3) is 0 Å². The number of alkyl halides is 3. The first-order valence-corrected chi connectivity index (χ1v) is 7.21. The van der Waals surface area contributed by atoms with Crippen LogP contribution in [0.5, 0.6) is 0 Å². The standard InChI is InChI=1S/C17H12F4N4/c18-11-6-8-13(9-7-11)23-15-14(17(19,20)21)10-22-16(25-15)24-12-4-2-1-3-5-12/h1-10H,(H2,22,23,24,25). The molecule has 128 valence electrons. The first-order chi connectivity index (χ1) is 11.9. The Bertz CT molecular complexity index is 849. The van der Waals surface area contributed by atoms with Crippen molar-refractivity contribution < 1.29 is 17.6 Å². The van der Waals surface area contributed by atoms with E-state index in [9.17, 15) is 17.6 Å². The lowest BCUT2D eigenvalue weighted by molar-refractivity contribution is -0.137. The molecular formula is C17H12F4N4. The summed E-state index contributed by atoms with van der Waals surface area (Å²) in [5, 5.41) is 5.38. The number of halogens is 4. The van der Waals surface area contributed by atoms with Crippen molar-refractivity contribution in [3.63, 3.8) is 0 Å². The molecule has 0 aliphatic carbocycles. The molecule has 2 N–H and O–H groups in total. The van der Waals surface area contributed by atoms with E-state index in [0.29, 0.717) is 11.9 Å². The maximum Gasteiger partial charge on any atom is 0.421 e. The van der Waals surface area contributed by atoms with Gasteiger partial charge in [-0.1, -0.05) is 18.2 Å². The smallest absolute Gasteiger partial charge is 0.340 e.